The number of hydrogen-bond donors (Lipinski definition) is 0. The van der Waals surface area contributed by atoms with Crippen molar-refractivity contribution in [3.05, 3.63) is 118 Å². The normalized spacial score (nSPS) is 10.6. The molecule has 204 valence electrons. The second kappa shape index (κ2) is 15.7. The van der Waals surface area contributed by atoms with Gasteiger partial charge in [0.1, 0.15) is 5.82 Å². The van der Waals surface area contributed by atoms with Crippen LogP contribution in [0.2, 0.25) is 0 Å². The second-order valence-electron chi connectivity index (χ2n) is 10.7. The minimum absolute atomic E-state index is 0.243. The van der Waals surface area contributed by atoms with Crippen molar-refractivity contribution < 1.29 is 4.39 Å². The van der Waals surface area contributed by atoms with Gasteiger partial charge in [0, 0.05) is 22.1 Å². The zero-order chi connectivity index (χ0) is 28.0. The molecule has 0 nitrogen and oxygen atoms in total. The van der Waals surface area contributed by atoms with Gasteiger partial charge in [0.05, 0.1) is 5.56 Å². The lowest BCUT2D eigenvalue weighted by molar-refractivity contribution is 0.632. The van der Waals surface area contributed by atoms with E-state index in [9.17, 15) is 0 Å². The summed E-state index contributed by atoms with van der Waals surface area (Å²) in [4.78, 5) is 0. The third-order valence-corrected chi connectivity index (χ3v) is 7.44. The molecule has 0 fully saturated rings. The maximum absolute atomic E-state index is 15.2. The van der Waals surface area contributed by atoms with Gasteiger partial charge in [-0.05, 0) is 84.7 Å². The van der Waals surface area contributed by atoms with Gasteiger partial charge in [0.25, 0.3) is 0 Å². The van der Waals surface area contributed by atoms with E-state index in [0.717, 1.165) is 34.9 Å². The molecule has 0 saturated carbocycles. The molecular weight excluding hydrogens is 487 g/mol. The van der Waals surface area contributed by atoms with Crippen molar-refractivity contribution in [2.45, 2.75) is 84.5 Å². The molecule has 4 aromatic carbocycles. The predicted octanol–water partition coefficient (Wildman–Crippen LogP) is 10.4. The lowest BCUT2D eigenvalue weighted by atomic mass is 10.00. The lowest BCUT2D eigenvalue weighted by Crippen LogP contribution is -1.90. The summed E-state index contributed by atoms with van der Waals surface area (Å²) in [5, 5.41) is 1.57. The molecule has 0 saturated heterocycles. The molecule has 0 aliphatic carbocycles. The summed E-state index contributed by atoms with van der Waals surface area (Å²) in [5.41, 5.74) is 5.89. The first-order valence-corrected chi connectivity index (χ1v) is 15.1. The smallest absolute Gasteiger partial charge is 0.146 e. The van der Waals surface area contributed by atoms with Crippen molar-refractivity contribution in [2.75, 3.05) is 0 Å². The third-order valence-electron chi connectivity index (χ3n) is 7.44. The third kappa shape index (κ3) is 8.86. The molecule has 40 heavy (non-hydrogen) atoms. The van der Waals surface area contributed by atoms with E-state index in [0.29, 0.717) is 10.9 Å². The Kier molecular flexibility index (Phi) is 11.5. The van der Waals surface area contributed by atoms with Crippen LogP contribution in [0.25, 0.3) is 10.8 Å². The molecule has 1 heteroatoms. The number of hydrogen-bond acceptors (Lipinski definition) is 0. The Hall–Kier alpha value is -3.81. The number of fused-ring (bicyclic) bond motifs is 1. The average Bonchev–Trinajstić information content (AvgIpc) is 2.99. The average molecular weight is 529 g/mol. The Morgan fingerprint density at radius 2 is 1.00 bits per heavy atom. The summed E-state index contributed by atoms with van der Waals surface area (Å²) < 4.78 is 15.2. The molecule has 0 unspecified atom stereocenters. The maximum Gasteiger partial charge on any atom is 0.146 e. The van der Waals surface area contributed by atoms with Crippen LogP contribution in [-0.4, -0.2) is 0 Å². The standard InChI is InChI=1S/C39H41F/c1-3-5-7-9-11-12-31-14-16-32(17-15-31)18-19-33-20-22-34(23-21-33)24-26-36-27-28-37-30-35(13-10-8-6-4-2)25-29-38(37)39(36)40/h14-17,20-23,25,27-30H,3-13H2,1-2H3. The fourth-order valence-electron chi connectivity index (χ4n) is 4.96. The largest absolute Gasteiger partial charge is 0.205 e. The second-order valence-corrected chi connectivity index (χ2v) is 10.7. The Bertz CT molecular complexity index is 1480. The van der Waals surface area contributed by atoms with E-state index < -0.39 is 0 Å². The first-order valence-electron chi connectivity index (χ1n) is 15.1. The van der Waals surface area contributed by atoms with E-state index >= 15 is 4.39 Å². The van der Waals surface area contributed by atoms with Crippen molar-refractivity contribution in [3.8, 4) is 23.7 Å². The first-order chi connectivity index (χ1) is 19.7. The number of benzene rings is 4. The van der Waals surface area contributed by atoms with Crippen LogP contribution in [0.3, 0.4) is 0 Å². The van der Waals surface area contributed by atoms with Gasteiger partial charge in [-0.2, -0.15) is 0 Å². The van der Waals surface area contributed by atoms with Crippen molar-refractivity contribution >= 4 is 10.8 Å². The highest BCUT2D eigenvalue weighted by atomic mass is 19.1. The van der Waals surface area contributed by atoms with Crippen LogP contribution < -0.4 is 0 Å². The number of rotatable bonds is 11. The topological polar surface area (TPSA) is 0 Å². The van der Waals surface area contributed by atoms with Crippen LogP contribution in [0, 0.1) is 29.5 Å². The van der Waals surface area contributed by atoms with E-state index in [1.165, 1.54) is 68.9 Å². The van der Waals surface area contributed by atoms with Crippen LogP contribution in [0.4, 0.5) is 4.39 Å². The molecule has 4 aromatic rings. The quantitative estimate of drug-likeness (QED) is 0.134. The fraction of sp³-hybridized carbons (Fsp3) is 0.333. The van der Waals surface area contributed by atoms with E-state index in [1.807, 2.05) is 36.4 Å². The summed E-state index contributed by atoms with van der Waals surface area (Å²) in [6.07, 6.45) is 13.7. The highest BCUT2D eigenvalue weighted by Gasteiger charge is 2.07. The van der Waals surface area contributed by atoms with Gasteiger partial charge < -0.3 is 0 Å². The minimum Gasteiger partial charge on any atom is -0.205 e. The van der Waals surface area contributed by atoms with E-state index in [1.54, 1.807) is 6.07 Å². The monoisotopic (exact) mass is 528 g/mol. The van der Waals surface area contributed by atoms with Gasteiger partial charge >= 0.3 is 0 Å². The summed E-state index contributed by atoms with van der Waals surface area (Å²) >= 11 is 0. The molecule has 0 N–H and O–H groups in total. The van der Waals surface area contributed by atoms with E-state index in [2.05, 4.69) is 73.9 Å². The van der Waals surface area contributed by atoms with Gasteiger partial charge in [0.15, 0.2) is 0 Å². The molecule has 0 aliphatic rings. The van der Waals surface area contributed by atoms with Gasteiger partial charge in [0.2, 0.25) is 0 Å². The highest BCUT2D eigenvalue weighted by molar-refractivity contribution is 5.85. The summed E-state index contributed by atoms with van der Waals surface area (Å²) in [6.45, 7) is 4.47. The van der Waals surface area contributed by atoms with Gasteiger partial charge in [-0.15, -0.1) is 0 Å². The Morgan fingerprint density at radius 1 is 0.500 bits per heavy atom. The maximum atomic E-state index is 15.2. The van der Waals surface area contributed by atoms with Crippen LogP contribution in [0.1, 0.15) is 105 Å². The molecule has 4 rings (SSSR count). The van der Waals surface area contributed by atoms with Crippen LogP contribution >= 0.6 is 0 Å². The van der Waals surface area contributed by atoms with Crippen molar-refractivity contribution in [1.29, 1.82) is 0 Å². The molecule has 0 spiro atoms. The molecule has 0 heterocycles. The first kappa shape index (κ1) is 29.2. The lowest BCUT2D eigenvalue weighted by Gasteiger charge is -2.06. The molecule has 0 aromatic heterocycles. The molecule has 0 bridgehead atoms. The predicted molar refractivity (Wildman–Crippen MR) is 169 cm³/mol. The summed E-state index contributed by atoms with van der Waals surface area (Å²) in [6, 6.07) is 26.3. The number of unbranched alkanes of at least 4 members (excludes halogenated alkanes) is 7. The fourth-order valence-corrected chi connectivity index (χ4v) is 4.96. The van der Waals surface area contributed by atoms with E-state index in [-0.39, 0.29) is 5.82 Å². The van der Waals surface area contributed by atoms with Gasteiger partial charge in [-0.3, -0.25) is 0 Å². The highest BCUT2D eigenvalue weighted by Crippen LogP contribution is 2.23. The SMILES string of the molecule is CCCCCCCc1ccc(C#Cc2ccc(C#Cc3ccc4cc(CCCCCC)ccc4c3F)cc2)cc1. The zero-order valence-electron chi connectivity index (χ0n) is 24.2. The molecule has 0 radical (unpaired) electrons. The minimum atomic E-state index is -0.243. The van der Waals surface area contributed by atoms with E-state index in [4.69, 9.17) is 0 Å². The van der Waals surface area contributed by atoms with Crippen LogP contribution in [0.15, 0.2) is 78.9 Å². The van der Waals surface area contributed by atoms with Crippen LogP contribution in [0.5, 0.6) is 0 Å². The molecule has 0 amide bonds. The van der Waals surface area contributed by atoms with Gasteiger partial charge in [-0.1, -0.05) is 119 Å². The molecular formula is C39H41F. The molecule has 0 atom stereocenters. The number of halogens is 1. The Morgan fingerprint density at radius 3 is 1.62 bits per heavy atom. The van der Waals surface area contributed by atoms with Gasteiger partial charge in [-0.25, -0.2) is 4.39 Å². The van der Waals surface area contributed by atoms with Crippen LogP contribution in [-0.2, 0) is 12.8 Å². The summed E-state index contributed by atoms with van der Waals surface area (Å²) in [7, 11) is 0. The van der Waals surface area contributed by atoms with Crippen molar-refractivity contribution in [3.63, 3.8) is 0 Å². The van der Waals surface area contributed by atoms with Crippen molar-refractivity contribution in [1.82, 2.24) is 0 Å². The molecule has 0 aliphatic heterocycles. The summed E-state index contributed by atoms with van der Waals surface area (Å²) in [5.74, 6) is 12.4. The van der Waals surface area contributed by atoms with Crippen molar-refractivity contribution in [2.24, 2.45) is 0 Å². The Labute approximate surface area is 241 Å². The zero-order valence-corrected chi connectivity index (χ0v) is 24.2. The number of aryl methyl sites for hydroxylation is 2. The Balaban J connectivity index is 1.35.